The summed E-state index contributed by atoms with van der Waals surface area (Å²) in [6, 6.07) is 22.4. The molecule has 1 aromatic heterocycles. The fourth-order valence-electron chi connectivity index (χ4n) is 4.33. The SMILES string of the molecule is CC1CN(S(=O)(=O)c2ccc(C(=O)Oc3ccc(C=C(C#N)c4nc5ccccc5s4)cc3)cc2)CC(C)O1. The number of morpholine rings is 1. The fourth-order valence-corrected chi connectivity index (χ4v) is 6.86. The summed E-state index contributed by atoms with van der Waals surface area (Å²) in [4.78, 5) is 17.3. The number of hydrogen-bond acceptors (Lipinski definition) is 8. The standard InChI is InChI=1S/C29H25N3O5S2/c1-19-17-32(18-20(2)36-19)39(34,35)25-13-9-22(10-14-25)29(33)37-24-11-7-21(8-12-24)15-23(16-30)28-31-26-5-3-4-6-27(26)38-28/h3-15,19-20H,17-18H2,1-2H3. The van der Waals surface area contributed by atoms with Crippen molar-refractivity contribution in [2.75, 3.05) is 13.1 Å². The first-order valence-electron chi connectivity index (χ1n) is 12.3. The summed E-state index contributed by atoms with van der Waals surface area (Å²) in [6.45, 7) is 4.23. The van der Waals surface area contributed by atoms with Crippen molar-refractivity contribution < 1.29 is 22.7 Å². The third kappa shape index (κ3) is 5.92. The van der Waals surface area contributed by atoms with Gasteiger partial charge in [0.2, 0.25) is 10.0 Å². The third-order valence-corrected chi connectivity index (χ3v) is 9.08. The number of fused-ring (bicyclic) bond motifs is 1. The molecule has 0 spiro atoms. The van der Waals surface area contributed by atoms with Crippen LogP contribution < -0.4 is 4.74 Å². The van der Waals surface area contributed by atoms with E-state index in [2.05, 4.69) is 11.1 Å². The minimum absolute atomic E-state index is 0.109. The number of para-hydroxylation sites is 1. The Hall–Kier alpha value is -3.88. The van der Waals surface area contributed by atoms with Crippen LogP contribution in [-0.2, 0) is 14.8 Å². The number of allylic oxidation sites excluding steroid dienone is 1. The minimum Gasteiger partial charge on any atom is -0.423 e. The van der Waals surface area contributed by atoms with Gasteiger partial charge in [0.1, 0.15) is 16.8 Å². The van der Waals surface area contributed by atoms with Crippen LogP contribution in [0.2, 0.25) is 0 Å². The summed E-state index contributed by atoms with van der Waals surface area (Å²) >= 11 is 1.45. The van der Waals surface area contributed by atoms with Crippen LogP contribution in [0, 0.1) is 11.3 Å². The first kappa shape index (κ1) is 26.7. The number of nitrogens with zero attached hydrogens (tertiary/aromatic N) is 3. The van der Waals surface area contributed by atoms with E-state index in [-0.39, 0.29) is 35.8 Å². The van der Waals surface area contributed by atoms with Crippen LogP contribution in [0.3, 0.4) is 0 Å². The minimum atomic E-state index is -3.71. The van der Waals surface area contributed by atoms with Gasteiger partial charge in [0, 0.05) is 13.1 Å². The molecule has 0 aliphatic carbocycles. The van der Waals surface area contributed by atoms with Crippen LogP contribution in [0.5, 0.6) is 5.75 Å². The molecule has 198 valence electrons. The molecule has 39 heavy (non-hydrogen) atoms. The van der Waals surface area contributed by atoms with Gasteiger partial charge in [0.05, 0.1) is 38.5 Å². The first-order chi connectivity index (χ1) is 18.7. The van der Waals surface area contributed by atoms with E-state index in [0.717, 1.165) is 15.8 Å². The van der Waals surface area contributed by atoms with E-state index in [1.165, 1.54) is 39.9 Å². The van der Waals surface area contributed by atoms with Crippen LogP contribution in [0.1, 0.15) is 34.8 Å². The molecule has 2 atom stereocenters. The van der Waals surface area contributed by atoms with Gasteiger partial charge in [-0.05, 0) is 74.0 Å². The van der Waals surface area contributed by atoms with Crippen LogP contribution in [0.25, 0.3) is 21.9 Å². The average molecular weight is 560 g/mol. The van der Waals surface area contributed by atoms with Gasteiger partial charge >= 0.3 is 5.97 Å². The number of aromatic nitrogens is 1. The van der Waals surface area contributed by atoms with Gasteiger partial charge in [-0.15, -0.1) is 11.3 Å². The van der Waals surface area contributed by atoms with Gasteiger partial charge in [-0.3, -0.25) is 0 Å². The molecule has 1 aliphatic heterocycles. The quantitative estimate of drug-likeness (QED) is 0.177. The summed E-state index contributed by atoms with van der Waals surface area (Å²) in [5, 5.41) is 10.3. The number of ether oxygens (including phenoxy) is 2. The maximum atomic E-state index is 13.0. The first-order valence-corrected chi connectivity index (χ1v) is 14.5. The zero-order valence-corrected chi connectivity index (χ0v) is 22.9. The molecule has 0 bridgehead atoms. The Morgan fingerprint density at radius 3 is 2.36 bits per heavy atom. The summed E-state index contributed by atoms with van der Waals surface area (Å²) in [5.41, 5.74) is 2.27. The largest absolute Gasteiger partial charge is 0.423 e. The number of thiazole rings is 1. The lowest BCUT2D eigenvalue weighted by atomic mass is 10.1. The van der Waals surface area contributed by atoms with Gasteiger partial charge in [-0.1, -0.05) is 24.3 Å². The predicted octanol–water partition coefficient (Wildman–Crippen LogP) is 5.38. The molecule has 1 fully saturated rings. The van der Waals surface area contributed by atoms with Crippen molar-refractivity contribution in [2.45, 2.75) is 31.0 Å². The van der Waals surface area contributed by atoms with Crippen molar-refractivity contribution in [3.8, 4) is 11.8 Å². The lowest BCUT2D eigenvalue weighted by molar-refractivity contribution is -0.0440. The Kier molecular flexibility index (Phi) is 7.59. The maximum absolute atomic E-state index is 13.0. The molecule has 1 saturated heterocycles. The van der Waals surface area contributed by atoms with Gasteiger partial charge < -0.3 is 9.47 Å². The van der Waals surface area contributed by atoms with Crippen molar-refractivity contribution >= 4 is 49.2 Å². The summed E-state index contributed by atoms with van der Waals surface area (Å²) in [7, 11) is -3.71. The summed E-state index contributed by atoms with van der Waals surface area (Å²) in [6.07, 6.45) is 1.34. The smallest absolute Gasteiger partial charge is 0.343 e. The summed E-state index contributed by atoms with van der Waals surface area (Å²) < 4.78 is 39.6. The van der Waals surface area contributed by atoms with E-state index in [1.807, 2.05) is 38.1 Å². The monoisotopic (exact) mass is 559 g/mol. The van der Waals surface area contributed by atoms with Gasteiger partial charge in [0.15, 0.2) is 0 Å². The van der Waals surface area contributed by atoms with Crippen LogP contribution in [0.4, 0.5) is 0 Å². The molecule has 5 rings (SSSR count). The predicted molar refractivity (Wildman–Crippen MR) is 150 cm³/mol. The number of carbonyl (C=O) groups is 1. The second kappa shape index (κ2) is 11.1. The van der Waals surface area contributed by atoms with Crippen molar-refractivity contribution in [2.24, 2.45) is 0 Å². The van der Waals surface area contributed by atoms with E-state index in [9.17, 15) is 18.5 Å². The molecule has 8 nitrogen and oxygen atoms in total. The van der Waals surface area contributed by atoms with Crippen molar-refractivity contribution in [1.82, 2.24) is 9.29 Å². The second-order valence-electron chi connectivity index (χ2n) is 9.22. The van der Waals surface area contributed by atoms with Crippen molar-refractivity contribution in [3.05, 3.63) is 88.9 Å². The molecule has 4 aromatic rings. The Bertz CT molecular complexity index is 1640. The number of carbonyl (C=O) groups excluding carboxylic acids is 1. The number of esters is 1. The van der Waals surface area contributed by atoms with E-state index < -0.39 is 16.0 Å². The molecule has 10 heteroatoms. The lowest BCUT2D eigenvalue weighted by Gasteiger charge is -2.34. The van der Waals surface area contributed by atoms with Crippen molar-refractivity contribution in [3.63, 3.8) is 0 Å². The highest BCUT2D eigenvalue weighted by atomic mass is 32.2. The second-order valence-corrected chi connectivity index (χ2v) is 12.2. The van der Waals surface area contributed by atoms with E-state index in [1.54, 1.807) is 30.3 Å². The zero-order chi connectivity index (χ0) is 27.6. The zero-order valence-electron chi connectivity index (χ0n) is 21.3. The number of rotatable bonds is 6. The van der Waals surface area contributed by atoms with Crippen LogP contribution >= 0.6 is 11.3 Å². The molecule has 0 N–H and O–H groups in total. The third-order valence-electron chi connectivity index (χ3n) is 6.16. The topological polar surface area (TPSA) is 110 Å². The van der Waals surface area contributed by atoms with E-state index >= 15 is 0 Å². The number of benzene rings is 3. The molecule has 0 saturated carbocycles. The number of hydrogen-bond donors (Lipinski definition) is 0. The molecular formula is C29H25N3O5S2. The average Bonchev–Trinajstić information content (AvgIpc) is 3.36. The Balaban J connectivity index is 1.26. The Morgan fingerprint density at radius 1 is 1.05 bits per heavy atom. The van der Waals surface area contributed by atoms with Crippen molar-refractivity contribution in [1.29, 1.82) is 5.26 Å². The number of nitriles is 1. The van der Waals surface area contributed by atoms with E-state index in [4.69, 9.17) is 9.47 Å². The van der Waals surface area contributed by atoms with Crippen LogP contribution in [0.15, 0.2) is 77.7 Å². The highest BCUT2D eigenvalue weighted by Gasteiger charge is 2.32. The lowest BCUT2D eigenvalue weighted by Crippen LogP contribution is -2.48. The maximum Gasteiger partial charge on any atom is 0.343 e. The molecule has 1 aliphatic rings. The highest BCUT2D eigenvalue weighted by molar-refractivity contribution is 7.89. The highest BCUT2D eigenvalue weighted by Crippen LogP contribution is 2.28. The molecule has 2 heterocycles. The molecule has 3 aromatic carbocycles. The molecule has 2 unspecified atom stereocenters. The fraction of sp³-hybridized carbons (Fsp3) is 0.207. The Labute approximate surface area is 230 Å². The van der Waals surface area contributed by atoms with Gasteiger partial charge in [-0.25, -0.2) is 18.2 Å². The Morgan fingerprint density at radius 2 is 1.72 bits per heavy atom. The van der Waals surface area contributed by atoms with E-state index in [0.29, 0.717) is 16.3 Å². The molecular weight excluding hydrogens is 534 g/mol. The van der Waals surface area contributed by atoms with Gasteiger partial charge in [-0.2, -0.15) is 9.57 Å². The number of sulfonamides is 1. The molecule has 0 radical (unpaired) electrons. The normalized spacial score (nSPS) is 18.5. The van der Waals surface area contributed by atoms with Gasteiger partial charge in [0.25, 0.3) is 0 Å². The summed E-state index contributed by atoms with van der Waals surface area (Å²) in [5.74, 6) is -0.285. The van der Waals surface area contributed by atoms with Crippen LogP contribution in [-0.4, -0.2) is 49.0 Å². The molecule has 0 amide bonds.